The number of ether oxygens (including phenoxy) is 1. The van der Waals surface area contributed by atoms with Gasteiger partial charge in [0, 0.05) is 18.6 Å². The lowest BCUT2D eigenvalue weighted by Crippen LogP contribution is -2.47. The van der Waals surface area contributed by atoms with Crippen molar-refractivity contribution in [3.8, 4) is 0 Å². The van der Waals surface area contributed by atoms with E-state index in [-0.39, 0.29) is 11.5 Å². The predicted molar refractivity (Wildman–Crippen MR) is 100 cm³/mol. The van der Waals surface area contributed by atoms with Gasteiger partial charge in [0.1, 0.15) is 0 Å². The van der Waals surface area contributed by atoms with Gasteiger partial charge in [0.05, 0.1) is 13.5 Å². The number of benzene rings is 1. The highest BCUT2D eigenvalue weighted by Crippen LogP contribution is 2.51. The summed E-state index contributed by atoms with van der Waals surface area (Å²) in [6.45, 7) is 3.10. The molecule has 2 fully saturated rings. The molecule has 25 heavy (non-hydrogen) atoms. The van der Waals surface area contributed by atoms with E-state index >= 15 is 0 Å². The zero-order chi connectivity index (χ0) is 17.9. The fourth-order valence-electron chi connectivity index (χ4n) is 4.91. The molecule has 1 saturated heterocycles. The number of carbonyl (C=O) groups is 1. The van der Waals surface area contributed by atoms with Crippen LogP contribution in [0.1, 0.15) is 44.1 Å². The minimum absolute atomic E-state index is 0.0969. The minimum Gasteiger partial charge on any atom is -0.469 e. The van der Waals surface area contributed by atoms with Crippen molar-refractivity contribution in [3.05, 3.63) is 35.9 Å². The van der Waals surface area contributed by atoms with Gasteiger partial charge in [0.2, 0.25) is 0 Å². The smallest absolute Gasteiger partial charge is 0.306 e. The summed E-state index contributed by atoms with van der Waals surface area (Å²) in [6.07, 6.45) is 6.76. The Morgan fingerprint density at radius 2 is 1.80 bits per heavy atom. The molecule has 4 nitrogen and oxygen atoms in total. The van der Waals surface area contributed by atoms with Crippen molar-refractivity contribution in [3.63, 3.8) is 0 Å². The lowest BCUT2D eigenvalue weighted by molar-refractivity contribution is -0.140. The van der Waals surface area contributed by atoms with Crippen LogP contribution in [0.3, 0.4) is 0 Å². The Morgan fingerprint density at radius 3 is 2.40 bits per heavy atom. The van der Waals surface area contributed by atoms with Crippen LogP contribution in [0.2, 0.25) is 0 Å². The standard InChI is InChI=1S/C21H32N2O2/c1-22(2)21(18-7-5-4-6-8-18)12-10-20(11-13-21)14-16-23(17-20)15-9-19(24)25-3/h4-8H,9-17H2,1-3H3. The summed E-state index contributed by atoms with van der Waals surface area (Å²) in [5, 5.41) is 0. The maximum absolute atomic E-state index is 11.4. The van der Waals surface area contributed by atoms with Gasteiger partial charge in [-0.1, -0.05) is 30.3 Å². The Balaban J connectivity index is 1.64. The summed E-state index contributed by atoms with van der Waals surface area (Å²) in [5.74, 6) is -0.0969. The molecule has 0 aromatic heterocycles. The molecule has 0 radical (unpaired) electrons. The molecule has 4 heteroatoms. The van der Waals surface area contributed by atoms with E-state index in [4.69, 9.17) is 4.74 Å². The molecule has 2 aliphatic rings. The number of methoxy groups -OCH3 is 1. The fraction of sp³-hybridized carbons (Fsp3) is 0.667. The maximum Gasteiger partial charge on any atom is 0.306 e. The third kappa shape index (κ3) is 3.75. The topological polar surface area (TPSA) is 32.8 Å². The first-order valence-corrected chi connectivity index (χ1v) is 9.52. The van der Waals surface area contributed by atoms with Gasteiger partial charge in [0.25, 0.3) is 0 Å². The van der Waals surface area contributed by atoms with E-state index in [1.54, 1.807) is 0 Å². The van der Waals surface area contributed by atoms with E-state index in [1.807, 2.05) is 0 Å². The van der Waals surface area contributed by atoms with Crippen LogP contribution in [0, 0.1) is 5.41 Å². The van der Waals surface area contributed by atoms with E-state index in [1.165, 1.54) is 44.8 Å². The molecule has 1 aromatic rings. The predicted octanol–water partition coefficient (Wildman–Crippen LogP) is 3.27. The molecular formula is C21H32N2O2. The average Bonchev–Trinajstić information content (AvgIpc) is 3.04. The first-order chi connectivity index (χ1) is 12.0. The first kappa shape index (κ1) is 18.4. The van der Waals surface area contributed by atoms with Crippen molar-refractivity contribution >= 4 is 5.97 Å². The highest BCUT2D eigenvalue weighted by atomic mass is 16.5. The Bertz CT molecular complexity index is 577. The maximum atomic E-state index is 11.4. The molecule has 0 atom stereocenters. The number of hydrogen-bond donors (Lipinski definition) is 0. The lowest BCUT2D eigenvalue weighted by atomic mass is 9.64. The van der Waals surface area contributed by atoms with Crippen molar-refractivity contribution in [2.45, 2.75) is 44.1 Å². The Morgan fingerprint density at radius 1 is 1.12 bits per heavy atom. The van der Waals surface area contributed by atoms with Crippen LogP contribution in [-0.4, -0.2) is 56.6 Å². The van der Waals surface area contributed by atoms with Gasteiger partial charge in [-0.2, -0.15) is 0 Å². The van der Waals surface area contributed by atoms with Crippen molar-refractivity contribution < 1.29 is 9.53 Å². The Kier molecular flexibility index (Phi) is 5.49. The van der Waals surface area contributed by atoms with Crippen LogP contribution >= 0.6 is 0 Å². The van der Waals surface area contributed by atoms with Crippen LogP contribution in [0.15, 0.2) is 30.3 Å². The van der Waals surface area contributed by atoms with Crippen molar-refractivity contribution in [1.82, 2.24) is 9.80 Å². The summed E-state index contributed by atoms with van der Waals surface area (Å²) < 4.78 is 4.78. The van der Waals surface area contributed by atoms with E-state index in [0.717, 1.165) is 19.6 Å². The Labute approximate surface area is 152 Å². The van der Waals surface area contributed by atoms with Crippen molar-refractivity contribution in [2.24, 2.45) is 5.41 Å². The van der Waals surface area contributed by atoms with E-state index in [9.17, 15) is 4.79 Å². The summed E-state index contributed by atoms with van der Waals surface area (Å²) in [5.41, 5.74) is 2.08. The molecule has 1 aromatic carbocycles. The second-order valence-corrected chi connectivity index (χ2v) is 8.14. The van der Waals surface area contributed by atoms with Gasteiger partial charge in [-0.25, -0.2) is 0 Å². The SMILES string of the molecule is COC(=O)CCN1CCC2(CCC(c3ccccc3)(N(C)C)CC2)C1. The zero-order valence-corrected chi connectivity index (χ0v) is 16.0. The van der Waals surface area contributed by atoms with E-state index < -0.39 is 0 Å². The number of hydrogen-bond acceptors (Lipinski definition) is 4. The molecule has 0 N–H and O–H groups in total. The highest BCUT2D eigenvalue weighted by Gasteiger charge is 2.47. The van der Waals surface area contributed by atoms with Crippen LogP contribution in [0.4, 0.5) is 0 Å². The largest absolute Gasteiger partial charge is 0.469 e. The molecule has 0 unspecified atom stereocenters. The molecule has 3 rings (SSSR count). The van der Waals surface area contributed by atoms with Gasteiger partial charge in [-0.15, -0.1) is 0 Å². The third-order valence-corrected chi connectivity index (χ3v) is 6.68. The summed E-state index contributed by atoms with van der Waals surface area (Å²) in [6, 6.07) is 11.0. The summed E-state index contributed by atoms with van der Waals surface area (Å²) >= 11 is 0. The molecule has 1 spiro atoms. The first-order valence-electron chi connectivity index (χ1n) is 9.52. The molecule has 1 heterocycles. The monoisotopic (exact) mass is 344 g/mol. The summed E-state index contributed by atoms with van der Waals surface area (Å²) in [4.78, 5) is 16.3. The van der Waals surface area contributed by atoms with Gasteiger partial charge in [-0.3, -0.25) is 9.69 Å². The minimum atomic E-state index is -0.0969. The molecule has 0 amide bonds. The van der Waals surface area contributed by atoms with Crippen molar-refractivity contribution in [2.75, 3.05) is 40.8 Å². The number of esters is 1. The van der Waals surface area contributed by atoms with Gasteiger partial charge in [-0.05, 0) is 63.7 Å². The number of rotatable bonds is 5. The van der Waals surface area contributed by atoms with Gasteiger partial charge < -0.3 is 9.64 Å². The van der Waals surface area contributed by atoms with E-state index in [0.29, 0.717) is 11.8 Å². The van der Waals surface area contributed by atoms with E-state index in [2.05, 4.69) is 54.2 Å². The lowest BCUT2D eigenvalue weighted by Gasteiger charge is -2.49. The quantitative estimate of drug-likeness (QED) is 0.768. The molecule has 0 bridgehead atoms. The van der Waals surface area contributed by atoms with Crippen LogP contribution < -0.4 is 0 Å². The normalized spacial score (nSPS) is 30.1. The molecule has 138 valence electrons. The highest BCUT2D eigenvalue weighted by molar-refractivity contribution is 5.69. The van der Waals surface area contributed by atoms with Crippen molar-refractivity contribution in [1.29, 1.82) is 0 Å². The zero-order valence-electron chi connectivity index (χ0n) is 16.0. The Hall–Kier alpha value is -1.39. The molecule has 1 aliphatic carbocycles. The number of nitrogens with zero attached hydrogens (tertiary/aromatic N) is 2. The molecule has 1 saturated carbocycles. The summed E-state index contributed by atoms with van der Waals surface area (Å²) in [7, 11) is 5.92. The second kappa shape index (κ2) is 7.46. The molecular weight excluding hydrogens is 312 g/mol. The van der Waals surface area contributed by atoms with Crippen LogP contribution in [0.25, 0.3) is 0 Å². The van der Waals surface area contributed by atoms with Gasteiger partial charge >= 0.3 is 5.97 Å². The van der Waals surface area contributed by atoms with Crippen LogP contribution in [0.5, 0.6) is 0 Å². The second-order valence-electron chi connectivity index (χ2n) is 8.14. The number of likely N-dealkylation sites (tertiary alicyclic amines) is 1. The van der Waals surface area contributed by atoms with Crippen LogP contribution in [-0.2, 0) is 15.1 Å². The fourth-order valence-corrected chi connectivity index (χ4v) is 4.91. The average molecular weight is 344 g/mol. The molecule has 1 aliphatic heterocycles. The number of carbonyl (C=O) groups excluding carboxylic acids is 1. The van der Waals surface area contributed by atoms with Gasteiger partial charge in [0.15, 0.2) is 0 Å². The third-order valence-electron chi connectivity index (χ3n) is 6.68.